The van der Waals surface area contributed by atoms with Gasteiger partial charge in [0.2, 0.25) is 0 Å². The molecular formula is C28H27N3O4. The Hall–Kier alpha value is -4.13. The van der Waals surface area contributed by atoms with Crippen molar-refractivity contribution in [3.63, 3.8) is 0 Å². The summed E-state index contributed by atoms with van der Waals surface area (Å²) in [5, 5.41) is 6.38. The Bertz CT molecular complexity index is 1260. The molecule has 0 saturated carbocycles. The van der Waals surface area contributed by atoms with Crippen LogP contribution in [0.3, 0.4) is 0 Å². The van der Waals surface area contributed by atoms with Gasteiger partial charge in [-0.1, -0.05) is 60.7 Å². The molecule has 3 aromatic carbocycles. The standard InChI is InChI=1S/C28H27N3O4/c1-27(2)34-25(32)28(26(33)35-27)23(19-15-17-21(18-16-19)30(3)4)24(20-11-7-5-8-12-20)29-31(28)22-13-9-6-10-14-22/h5-18,23H,1-4H3. The van der Waals surface area contributed by atoms with E-state index in [4.69, 9.17) is 14.6 Å². The maximum atomic E-state index is 13.9. The fourth-order valence-corrected chi connectivity index (χ4v) is 4.71. The van der Waals surface area contributed by atoms with E-state index in [1.165, 1.54) is 5.01 Å². The minimum absolute atomic E-state index is 0.584. The lowest BCUT2D eigenvalue weighted by Gasteiger charge is -2.44. The second kappa shape index (κ2) is 8.27. The average molecular weight is 470 g/mol. The lowest BCUT2D eigenvalue weighted by atomic mass is 9.74. The molecule has 0 aromatic heterocycles. The third kappa shape index (κ3) is 3.64. The van der Waals surface area contributed by atoms with E-state index in [9.17, 15) is 9.59 Å². The first-order valence-electron chi connectivity index (χ1n) is 11.5. The van der Waals surface area contributed by atoms with Crippen LogP contribution in [0.1, 0.15) is 30.9 Å². The average Bonchev–Trinajstić information content (AvgIpc) is 3.21. The number of hydrogen-bond donors (Lipinski definition) is 0. The maximum Gasteiger partial charge on any atom is 0.350 e. The van der Waals surface area contributed by atoms with Crippen molar-refractivity contribution in [2.45, 2.75) is 31.1 Å². The molecule has 1 unspecified atom stereocenters. The highest BCUT2D eigenvalue weighted by Gasteiger charge is 2.69. The normalized spacial score (nSPS) is 20.3. The molecule has 3 aromatic rings. The predicted octanol–water partition coefficient (Wildman–Crippen LogP) is 4.34. The van der Waals surface area contributed by atoms with E-state index in [-0.39, 0.29) is 0 Å². The zero-order valence-electron chi connectivity index (χ0n) is 20.1. The minimum Gasteiger partial charge on any atom is -0.421 e. The van der Waals surface area contributed by atoms with Crippen molar-refractivity contribution in [2.24, 2.45) is 5.10 Å². The van der Waals surface area contributed by atoms with Gasteiger partial charge in [-0.15, -0.1) is 0 Å². The van der Waals surface area contributed by atoms with Crippen molar-refractivity contribution < 1.29 is 19.1 Å². The molecule has 1 fully saturated rings. The Balaban J connectivity index is 1.78. The van der Waals surface area contributed by atoms with Crippen LogP contribution in [0.2, 0.25) is 0 Å². The van der Waals surface area contributed by atoms with Gasteiger partial charge in [-0.2, -0.15) is 5.10 Å². The SMILES string of the molecule is CN(C)c1ccc(C2C(c3ccccc3)=NN(c3ccccc3)C23C(=O)OC(C)(C)OC3=O)cc1. The molecule has 2 aliphatic rings. The molecular weight excluding hydrogens is 442 g/mol. The molecule has 7 heteroatoms. The highest BCUT2D eigenvalue weighted by atomic mass is 16.7. The van der Waals surface area contributed by atoms with Crippen LogP contribution in [0.25, 0.3) is 0 Å². The van der Waals surface area contributed by atoms with Crippen LogP contribution in [0.5, 0.6) is 0 Å². The van der Waals surface area contributed by atoms with Gasteiger partial charge in [0, 0.05) is 33.6 Å². The molecule has 1 spiro atoms. The molecule has 178 valence electrons. The summed E-state index contributed by atoms with van der Waals surface area (Å²) in [5.74, 6) is -3.54. The molecule has 5 rings (SSSR count). The molecule has 0 bridgehead atoms. The van der Waals surface area contributed by atoms with Crippen LogP contribution >= 0.6 is 0 Å². The molecule has 0 aliphatic carbocycles. The van der Waals surface area contributed by atoms with Gasteiger partial charge in [-0.25, -0.2) is 14.6 Å². The van der Waals surface area contributed by atoms with E-state index in [0.29, 0.717) is 11.4 Å². The number of cyclic esters (lactones) is 2. The summed E-state index contributed by atoms with van der Waals surface area (Å²) in [6.07, 6.45) is 0. The van der Waals surface area contributed by atoms with Gasteiger partial charge in [0.25, 0.3) is 11.3 Å². The van der Waals surface area contributed by atoms with Crippen molar-refractivity contribution in [3.05, 3.63) is 96.1 Å². The number of carbonyl (C=O) groups is 2. The summed E-state index contributed by atoms with van der Waals surface area (Å²) < 4.78 is 11.5. The third-order valence-electron chi connectivity index (χ3n) is 6.35. The van der Waals surface area contributed by atoms with E-state index >= 15 is 0 Å². The van der Waals surface area contributed by atoms with Gasteiger partial charge < -0.3 is 14.4 Å². The molecule has 0 radical (unpaired) electrons. The fourth-order valence-electron chi connectivity index (χ4n) is 4.71. The topological polar surface area (TPSA) is 71.4 Å². The number of ether oxygens (including phenoxy) is 2. The van der Waals surface area contributed by atoms with Crippen molar-refractivity contribution in [2.75, 3.05) is 24.0 Å². The zero-order chi connectivity index (χ0) is 24.8. The highest BCUT2D eigenvalue weighted by Crippen LogP contribution is 2.49. The van der Waals surface area contributed by atoms with Crippen molar-refractivity contribution in [3.8, 4) is 0 Å². The van der Waals surface area contributed by atoms with Gasteiger partial charge in [0.1, 0.15) is 0 Å². The van der Waals surface area contributed by atoms with Crippen LogP contribution in [0, 0.1) is 0 Å². The Morgan fingerprint density at radius 1 is 0.800 bits per heavy atom. The molecule has 7 nitrogen and oxygen atoms in total. The van der Waals surface area contributed by atoms with E-state index < -0.39 is 29.2 Å². The second-order valence-corrected chi connectivity index (χ2v) is 9.36. The van der Waals surface area contributed by atoms with Crippen LogP contribution in [-0.2, 0) is 19.1 Å². The molecule has 2 heterocycles. The summed E-state index contributed by atoms with van der Waals surface area (Å²) in [6, 6.07) is 26.5. The molecule has 0 N–H and O–H groups in total. The van der Waals surface area contributed by atoms with Gasteiger partial charge in [0.05, 0.1) is 17.3 Å². The Kier molecular flexibility index (Phi) is 5.35. The van der Waals surface area contributed by atoms with E-state index in [2.05, 4.69) is 0 Å². The monoisotopic (exact) mass is 469 g/mol. The van der Waals surface area contributed by atoms with Crippen molar-refractivity contribution in [1.29, 1.82) is 0 Å². The van der Waals surface area contributed by atoms with Crippen LogP contribution < -0.4 is 9.91 Å². The number of hydrazone groups is 1. The molecule has 1 saturated heterocycles. The number of nitrogens with zero attached hydrogens (tertiary/aromatic N) is 3. The Morgan fingerprint density at radius 2 is 1.34 bits per heavy atom. The first-order valence-corrected chi connectivity index (χ1v) is 11.5. The lowest BCUT2D eigenvalue weighted by molar-refractivity contribution is -0.242. The smallest absolute Gasteiger partial charge is 0.350 e. The zero-order valence-corrected chi connectivity index (χ0v) is 20.1. The summed E-state index contributed by atoms with van der Waals surface area (Å²) in [5.41, 5.74) is 1.86. The first kappa shape index (κ1) is 22.7. The molecule has 2 aliphatic heterocycles. The lowest BCUT2D eigenvalue weighted by Crippen LogP contribution is -2.67. The molecule has 1 atom stereocenters. The summed E-state index contributed by atoms with van der Waals surface area (Å²) >= 11 is 0. The number of para-hydroxylation sites is 1. The summed E-state index contributed by atoms with van der Waals surface area (Å²) in [7, 11) is 3.91. The number of anilines is 2. The molecule has 35 heavy (non-hydrogen) atoms. The summed E-state index contributed by atoms with van der Waals surface area (Å²) in [4.78, 5) is 29.8. The minimum atomic E-state index is -1.86. The largest absolute Gasteiger partial charge is 0.421 e. The number of rotatable bonds is 4. The van der Waals surface area contributed by atoms with Crippen molar-refractivity contribution in [1.82, 2.24) is 0 Å². The number of carbonyl (C=O) groups excluding carboxylic acids is 2. The van der Waals surface area contributed by atoms with Gasteiger partial charge in [-0.05, 0) is 35.4 Å². The second-order valence-electron chi connectivity index (χ2n) is 9.36. The number of hydrogen-bond acceptors (Lipinski definition) is 7. The van der Waals surface area contributed by atoms with Crippen molar-refractivity contribution >= 4 is 29.0 Å². The van der Waals surface area contributed by atoms with Crippen LogP contribution in [-0.4, -0.2) is 43.1 Å². The van der Waals surface area contributed by atoms with Gasteiger partial charge >= 0.3 is 11.9 Å². The third-order valence-corrected chi connectivity index (χ3v) is 6.35. The van der Waals surface area contributed by atoms with E-state index in [1.807, 2.05) is 104 Å². The highest BCUT2D eigenvalue weighted by molar-refractivity contribution is 6.22. The maximum absolute atomic E-state index is 13.9. The Morgan fingerprint density at radius 3 is 1.89 bits per heavy atom. The number of benzene rings is 3. The molecule has 0 amide bonds. The predicted molar refractivity (Wildman–Crippen MR) is 134 cm³/mol. The van der Waals surface area contributed by atoms with Gasteiger partial charge in [0.15, 0.2) is 0 Å². The number of esters is 2. The fraction of sp³-hybridized carbons (Fsp3) is 0.250. The van der Waals surface area contributed by atoms with Crippen LogP contribution in [0.4, 0.5) is 11.4 Å². The summed E-state index contributed by atoms with van der Waals surface area (Å²) in [6.45, 7) is 3.11. The van der Waals surface area contributed by atoms with Crippen LogP contribution in [0.15, 0.2) is 90.0 Å². The van der Waals surface area contributed by atoms with Gasteiger partial charge in [-0.3, -0.25) is 0 Å². The Labute approximate surface area is 204 Å². The van der Waals surface area contributed by atoms with E-state index in [0.717, 1.165) is 16.8 Å². The first-order chi connectivity index (χ1) is 16.7. The van der Waals surface area contributed by atoms with E-state index in [1.54, 1.807) is 13.8 Å². The quantitative estimate of drug-likeness (QED) is 0.418.